The molecule has 0 aliphatic rings. The van der Waals surface area contributed by atoms with Crippen molar-refractivity contribution in [2.45, 2.75) is 9.92 Å². The van der Waals surface area contributed by atoms with Gasteiger partial charge in [0, 0.05) is 17.3 Å². The van der Waals surface area contributed by atoms with Crippen molar-refractivity contribution in [3.05, 3.63) is 42.6 Å². The fraction of sp³-hybridized carbons (Fsp3) is 0. The van der Waals surface area contributed by atoms with Gasteiger partial charge in [-0.25, -0.2) is 15.0 Å². The van der Waals surface area contributed by atoms with E-state index in [1.807, 2.05) is 18.2 Å². The van der Waals surface area contributed by atoms with Crippen LogP contribution in [0.2, 0.25) is 0 Å². The van der Waals surface area contributed by atoms with Crippen LogP contribution in [-0.4, -0.2) is 15.0 Å². The van der Waals surface area contributed by atoms with Crippen molar-refractivity contribution in [2.24, 2.45) is 0 Å². The minimum atomic E-state index is 0.411. The fourth-order valence-corrected chi connectivity index (χ4v) is 1.77. The zero-order valence-corrected chi connectivity index (χ0v) is 8.48. The van der Waals surface area contributed by atoms with Gasteiger partial charge >= 0.3 is 0 Å². The topological polar surface area (TPSA) is 62.5 Å². The average molecular weight is 214 g/mol. The van der Waals surface area contributed by atoms with Crippen LogP contribution < -0.4 is 0 Å². The lowest BCUT2D eigenvalue weighted by Gasteiger charge is -1.99. The molecule has 2 aromatic rings. The van der Waals surface area contributed by atoms with E-state index in [9.17, 15) is 0 Å². The van der Waals surface area contributed by atoms with Crippen LogP contribution in [-0.2, 0) is 0 Å². The van der Waals surface area contributed by atoms with E-state index in [1.165, 1.54) is 18.1 Å². The van der Waals surface area contributed by atoms with Crippen LogP contribution in [0.15, 0.2) is 46.8 Å². The molecule has 0 aliphatic carbocycles. The van der Waals surface area contributed by atoms with Crippen LogP contribution in [0.5, 0.6) is 0 Å². The predicted octanol–water partition coefficient (Wildman–Crippen LogP) is 1.89. The Balaban J connectivity index is 2.22. The Morgan fingerprint density at radius 1 is 1.20 bits per heavy atom. The maximum atomic E-state index is 8.68. The lowest BCUT2D eigenvalue weighted by atomic mass is 10.4. The Labute approximate surface area is 91.0 Å². The minimum absolute atomic E-state index is 0.411. The molecule has 2 heterocycles. The third-order valence-electron chi connectivity index (χ3n) is 1.62. The molecule has 0 N–H and O–H groups in total. The van der Waals surface area contributed by atoms with E-state index in [0.29, 0.717) is 5.69 Å². The van der Waals surface area contributed by atoms with Crippen molar-refractivity contribution in [1.29, 1.82) is 5.26 Å². The summed E-state index contributed by atoms with van der Waals surface area (Å²) in [6, 6.07) is 7.38. The highest BCUT2D eigenvalue weighted by atomic mass is 32.2. The molecule has 0 atom stereocenters. The summed E-state index contributed by atoms with van der Waals surface area (Å²) >= 11 is 1.47. The number of rotatable bonds is 2. The Kier molecular flexibility index (Phi) is 2.90. The van der Waals surface area contributed by atoms with Gasteiger partial charge in [-0.1, -0.05) is 11.8 Å². The van der Waals surface area contributed by atoms with Gasteiger partial charge in [0.25, 0.3) is 0 Å². The largest absolute Gasteiger partial charge is 0.245 e. The summed E-state index contributed by atoms with van der Waals surface area (Å²) < 4.78 is 0. The first-order valence-corrected chi connectivity index (χ1v) is 5.00. The molecule has 0 radical (unpaired) electrons. The van der Waals surface area contributed by atoms with E-state index in [4.69, 9.17) is 5.26 Å². The summed E-state index contributed by atoms with van der Waals surface area (Å²) in [5.74, 6) is 0. The van der Waals surface area contributed by atoms with E-state index in [2.05, 4.69) is 15.0 Å². The molecule has 0 unspecified atom stereocenters. The zero-order valence-electron chi connectivity index (χ0n) is 7.66. The zero-order chi connectivity index (χ0) is 10.5. The Morgan fingerprint density at radius 3 is 2.87 bits per heavy atom. The average Bonchev–Trinajstić information content (AvgIpc) is 2.31. The first-order valence-electron chi connectivity index (χ1n) is 4.18. The first-order chi connectivity index (χ1) is 7.38. The summed E-state index contributed by atoms with van der Waals surface area (Å²) in [7, 11) is 0. The molecule has 2 rings (SSSR count). The molecule has 0 saturated heterocycles. The predicted molar refractivity (Wildman–Crippen MR) is 55.1 cm³/mol. The third kappa shape index (κ3) is 2.51. The van der Waals surface area contributed by atoms with Crippen molar-refractivity contribution >= 4 is 11.8 Å². The molecule has 0 aliphatic heterocycles. The van der Waals surface area contributed by atoms with Gasteiger partial charge in [0.1, 0.15) is 23.1 Å². The molecule has 15 heavy (non-hydrogen) atoms. The number of pyridine rings is 1. The highest BCUT2D eigenvalue weighted by molar-refractivity contribution is 7.99. The second kappa shape index (κ2) is 4.53. The molecule has 5 heteroatoms. The van der Waals surface area contributed by atoms with Crippen molar-refractivity contribution < 1.29 is 0 Å². The monoisotopic (exact) mass is 214 g/mol. The highest BCUT2D eigenvalue weighted by Gasteiger charge is 1.99. The summed E-state index contributed by atoms with van der Waals surface area (Å²) in [6.45, 7) is 0. The lowest BCUT2D eigenvalue weighted by Crippen LogP contribution is -1.83. The maximum absolute atomic E-state index is 8.68. The van der Waals surface area contributed by atoms with E-state index in [0.717, 1.165) is 9.92 Å². The van der Waals surface area contributed by atoms with Crippen molar-refractivity contribution in [3.63, 3.8) is 0 Å². The fourth-order valence-electron chi connectivity index (χ4n) is 0.995. The normalized spacial score (nSPS) is 9.53. The highest BCUT2D eigenvalue weighted by Crippen LogP contribution is 2.24. The summed E-state index contributed by atoms with van der Waals surface area (Å²) in [4.78, 5) is 12.7. The Bertz CT molecular complexity index is 492. The third-order valence-corrected chi connectivity index (χ3v) is 2.56. The number of hydrogen-bond donors (Lipinski definition) is 0. The molecule has 72 valence electrons. The molecule has 0 fully saturated rings. The van der Waals surface area contributed by atoms with Gasteiger partial charge in [0.05, 0.1) is 0 Å². The van der Waals surface area contributed by atoms with Gasteiger partial charge in [0.15, 0.2) is 0 Å². The van der Waals surface area contributed by atoms with E-state index < -0.39 is 0 Å². The molecular formula is C10H6N4S. The van der Waals surface area contributed by atoms with Crippen molar-refractivity contribution in [1.82, 2.24) is 15.0 Å². The smallest absolute Gasteiger partial charge is 0.141 e. The summed E-state index contributed by atoms with van der Waals surface area (Å²) in [6.07, 6.45) is 4.79. The number of nitriles is 1. The van der Waals surface area contributed by atoms with Gasteiger partial charge in [-0.05, 0) is 18.2 Å². The van der Waals surface area contributed by atoms with E-state index in [1.54, 1.807) is 18.5 Å². The molecule has 0 saturated carbocycles. The SMILES string of the molecule is N#Cc1cc(Sc2ccncn2)ccn1. The maximum Gasteiger partial charge on any atom is 0.141 e. The van der Waals surface area contributed by atoms with Gasteiger partial charge in [0.2, 0.25) is 0 Å². The van der Waals surface area contributed by atoms with Crippen LogP contribution in [0.25, 0.3) is 0 Å². The van der Waals surface area contributed by atoms with Gasteiger partial charge in [-0.3, -0.25) is 0 Å². The first kappa shape index (κ1) is 9.62. The molecule has 0 aromatic carbocycles. The van der Waals surface area contributed by atoms with Crippen molar-refractivity contribution in [3.8, 4) is 6.07 Å². The van der Waals surface area contributed by atoms with Gasteiger partial charge in [-0.2, -0.15) is 5.26 Å². The van der Waals surface area contributed by atoms with Crippen LogP contribution in [0.4, 0.5) is 0 Å². The molecule has 0 spiro atoms. The molecule has 0 bridgehead atoms. The van der Waals surface area contributed by atoms with Crippen LogP contribution in [0, 0.1) is 11.3 Å². The molecule has 2 aromatic heterocycles. The number of aromatic nitrogens is 3. The number of nitrogens with zero attached hydrogens (tertiary/aromatic N) is 4. The van der Waals surface area contributed by atoms with Gasteiger partial charge in [-0.15, -0.1) is 0 Å². The second-order valence-corrected chi connectivity index (χ2v) is 3.73. The van der Waals surface area contributed by atoms with E-state index in [-0.39, 0.29) is 0 Å². The summed E-state index contributed by atoms with van der Waals surface area (Å²) in [5, 5.41) is 9.53. The lowest BCUT2D eigenvalue weighted by molar-refractivity contribution is 1.05. The summed E-state index contributed by atoms with van der Waals surface area (Å²) in [5.41, 5.74) is 0.411. The second-order valence-electron chi connectivity index (χ2n) is 2.64. The molecular weight excluding hydrogens is 208 g/mol. The van der Waals surface area contributed by atoms with E-state index >= 15 is 0 Å². The van der Waals surface area contributed by atoms with Gasteiger partial charge < -0.3 is 0 Å². The van der Waals surface area contributed by atoms with Crippen LogP contribution in [0.1, 0.15) is 5.69 Å². The van der Waals surface area contributed by atoms with Crippen LogP contribution in [0.3, 0.4) is 0 Å². The van der Waals surface area contributed by atoms with Crippen molar-refractivity contribution in [2.75, 3.05) is 0 Å². The Hall–Kier alpha value is -1.93. The molecule has 0 amide bonds. The van der Waals surface area contributed by atoms with Crippen LogP contribution >= 0.6 is 11.8 Å². The quantitative estimate of drug-likeness (QED) is 0.714. The number of hydrogen-bond acceptors (Lipinski definition) is 5. The minimum Gasteiger partial charge on any atom is -0.245 e. The standard InChI is InChI=1S/C10H6N4S/c11-6-8-5-9(1-4-13-8)15-10-2-3-12-7-14-10/h1-5,7H. The molecule has 4 nitrogen and oxygen atoms in total. The Morgan fingerprint density at radius 2 is 2.13 bits per heavy atom.